The van der Waals surface area contributed by atoms with Crippen LogP contribution in [0.3, 0.4) is 0 Å². The Kier molecular flexibility index (Phi) is 17.4. The van der Waals surface area contributed by atoms with Gasteiger partial charge in [-0.05, 0) is 18.2 Å². The smallest absolute Gasteiger partial charge is 0.859 e. The number of hydrogen-bond donors (Lipinski definition) is 4. The van der Waals surface area contributed by atoms with E-state index in [1.165, 1.54) is 0 Å². The number of nitrogens with one attached hydrogen (secondary N) is 3. The zero-order chi connectivity index (χ0) is 14.3. The van der Waals surface area contributed by atoms with Gasteiger partial charge in [0.2, 0.25) is 0 Å². The first-order chi connectivity index (χ1) is 9.16. The topological polar surface area (TPSA) is 109 Å². The van der Waals surface area contributed by atoms with Gasteiger partial charge in [0.05, 0.1) is 6.54 Å². The van der Waals surface area contributed by atoms with Gasteiger partial charge in [0.1, 0.15) is 0 Å². The third kappa shape index (κ3) is 17.1. The van der Waals surface area contributed by atoms with Crippen molar-refractivity contribution in [2.24, 2.45) is 4.99 Å². The fourth-order valence-electron chi connectivity index (χ4n) is 1.13. The quantitative estimate of drug-likeness (QED) is 0.0946. The molecule has 8 heteroatoms. The normalized spacial score (nSPS) is 11.1. The van der Waals surface area contributed by atoms with Crippen LogP contribution < -0.4 is 50.6 Å². The van der Waals surface area contributed by atoms with Gasteiger partial charge in [-0.25, -0.2) is 4.79 Å². The van der Waals surface area contributed by atoms with E-state index in [1.54, 1.807) is 6.20 Å². The Morgan fingerprint density at radius 2 is 1.75 bits per heavy atom. The van der Waals surface area contributed by atoms with Gasteiger partial charge in [0.15, 0.2) is 0 Å². The molecule has 0 spiro atoms. The molecule has 0 atom stereocenters. The summed E-state index contributed by atoms with van der Waals surface area (Å²) in [4.78, 5) is 13.8. The summed E-state index contributed by atoms with van der Waals surface area (Å²) in [6.45, 7) is 7.76. The zero-order valence-electron chi connectivity index (χ0n) is 11.9. The number of nitrogens with zero attached hydrogens (tertiary/aromatic N) is 1. The Hall–Kier alpha value is -0.860. The molecule has 4 N–H and O–H groups in total. The Bertz CT molecular complexity index is 322. The predicted molar refractivity (Wildman–Crippen MR) is 73.0 cm³/mol. The van der Waals surface area contributed by atoms with Crippen molar-refractivity contribution in [3.05, 3.63) is 24.9 Å². The summed E-state index contributed by atoms with van der Waals surface area (Å²) in [7, 11) is 0. The SMILES string of the molecule is C=CNCCNCCNCCN=C([O-])/C=C/C(=O)O.[Na+]. The number of carbonyl (C=O) groups is 1. The van der Waals surface area contributed by atoms with Crippen LogP contribution in [0.1, 0.15) is 0 Å². The number of carboxylic acids is 1. The number of carboxylic acid groups (broad SMARTS) is 1. The zero-order valence-corrected chi connectivity index (χ0v) is 13.9. The van der Waals surface area contributed by atoms with Crippen molar-refractivity contribution in [2.45, 2.75) is 0 Å². The molecule has 0 unspecified atom stereocenters. The van der Waals surface area contributed by atoms with E-state index in [0.29, 0.717) is 13.1 Å². The summed E-state index contributed by atoms with van der Waals surface area (Å²) < 4.78 is 0. The Labute approximate surface area is 141 Å². The first-order valence-corrected chi connectivity index (χ1v) is 6.05. The minimum Gasteiger partial charge on any atom is -0.859 e. The average molecular weight is 292 g/mol. The van der Waals surface area contributed by atoms with Crippen molar-refractivity contribution in [2.75, 3.05) is 39.3 Å². The molecule has 7 nitrogen and oxygen atoms in total. The maximum absolute atomic E-state index is 11.0. The molecular formula is C12H21N4NaO3. The summed E-state index contributed by atoms with van der Waals surface area (Å²) in [5.74, 6) is -1.68. The van der Waals surface area contributed by atoms with E-state index in [4.69, 9.17) is 5.11 Å². The van der Waals surface area contributed by atoms with Crippen molar-refractivity contribution < 1.29 is 44.6 Å². The number of aliphatic carboxylic acids is 1. The van der Waals surface area contributed by atoms with Gasteiger partial charge in [-0.3, -0.25) is 4.99 Å². The van der Waals surface area contributed by atoms with E-state index >= 15 is 0 Å². The minimum atomic E-state index is -1.15. The fraction of sp³-hybridized carbons (Fsp3) is 0.500. The second kappa shape index (κ2) is 16.2. The second-order valence-electron chi connectivity index (χ2n) is 3.55. The molecule has 0 heterocycles. The van der Waals surface area contributed by atoms with Crippen LogP contribution >= 0.6 is 0 Å². The van der Waals surface area contributed by atoms with Crippen molar-refractivity contribution in [3.8, 4) is 0 Å². The van der Waals surface area contributed by atoms with Crippen LogP contribution in [0.2, 0.25) is 0 Å². The molecular weight excluding hydrogens is 271 g/mol. The van der Waals surface area contributed by atoms with Crippen LogP contribution in [-0.2, 0) is 4.79 Å². The number of hydrogen-bond acceptors (Lipinski definition) is 6. The third-order valence-corrected chi connectivity index (χ3v) is 1.99. The average Bonchev–Trinajstić information content (AvgIpc) is 2.38. The molecule has 0 aliphatic rings. The first-order valence-electron chi connectivity index (χ1n) is 6.05. The molecule has 0 amide bonds. The fourth-order valence-corrected chi connectivity index (χ4v) is 1.13. The molecule has 0 fully saturated rings. The summed E-state index contributed by atoms with van der Waals surface area (Å²) in [5, 5.41) is 28.6. The molecule has 0 radical (unpaired) electrons. The summed E-state index contributed by atoms with van der Waals surface area (Å²) >= 11 is 0. The van der Waals surface area contributed by atoms with Crippen molar-refractivity contribution in [1.82, 2.24) is 16.0 Å². The molecule has 0 aromatic carbocycles. The number of rotatable bonds is 12. The molecule has 0 aromatic rings. The standard InChI is InChI=1S/C12H22N4O3.Na/c1-2-13-5-6-14-7-8-15-9-10-16-11(17)3-4-12(18)19;/h2-4,13-15H,1,5-10H2,(H,16,17)(H,18,19);/q;+1/p-1/b4-3+;. The maximum atomic E-state index is 11.0. The molecule has 0 bridgehead atoms. The van der Waals surface area contributed by atoms with Crippen molar-refractivity contribution >= 4 is 11.9 Å². The van der Waals surface area contributed by atoms with E-state index in [-0.39, 0.29) is 29.6 Å². The molecule has 0 aliphatic heterocycles. The van der Waals surface area contributed by atoms with E-state index < -0.39 is 11.9 Å². The molecule has 0 saturated carbocycles. The predicted octanol–water partition coefficient (Wildman–Crippen LogP) is -4.70. The van der Waals surface area contributed by atoms with Crippen LogP contribution in [0.4, 0.5) is 0 Å². The monoisotopic (exact) mass is 292 g/mol. The largest absolute Gasteiger partial charge is 1.00 e. The Morgan fingerprint density at radius 1 is 1.15 bits per heavy atom. The summed E-state index contributed by atoms with van der Waals surface area (Å²) in [5.41, 5.74) is 0. The van der Waals surface area contributed by atoms with Crippen LogP contribution in [-0.4, -0.2) is 56.2 Å². The number of aliphatic imine (C=N–C) groups is 1. The van der Waals surface area contributed by atoms with Crippen molar-refractivity contribution in [3.63, 3.8) is 0 Å². The van der Waals surface area contributed by atoms with Gasteiger partial charge in [0.25, 0.3) is 0 Å². The van der Waals surface area contributed by atoms with Gasteiger partial charge in [-0.1, -0.05) is 6.58 Å². The molecule has 20 heavy (non-hydrogen) atoms. The van der Waals surface area contributed by atoms with E-state index in [1.807, 2.05) is 0 Å². The minimum absolute atomic E-state index is 0. The van der Waals surface area contributed by atoms with E-state index in [0.717, 1.165) is 38.3 Å². The summed E-state index contributed by atoms with van der Waals surface area (Å²) in [6.07, 6.45) is 3.37. The Morgan fingerprint density at radius 3 is 2.35 bits per heavy atom. The van der Waals surface area contributed by atoms with Crippen LogP contribution in [0.15, 0.2) is 29.9 Å². The second-order valence-corrected chi connectivity index (χ2v) is 3.55. The van der Waals surface area contributed by atoms with Gasteiger partial charge in [-0.2, -0.15) is 0 Å². The van der Waals surface area contributed by atoms with Crippen LogP contribution in [0, 0.1) is 0 Å². The molecule has 0 aliphatic carbocycles. The molecule has 0 aromatic heterocycles. The van der Waals surface area contributed by atoms with Crippen LogP contribution in [0.5, 0.6) is 0 Å². The summed E-state index contributed by atoms with van der Waals surface area (Å²) in [6, 6.07) is 0. The molecule has 0 saturated heterocycles. The van der Waals surface area contributed by atoms with E-state index in [9.17, 15) is 9.90 Å². The van der Waals surface area contributed by atoms with Gasteiger partial charge >= 0.3 is 35.5 Å². The first kappa shape index (κ1) is 21.4. The van der Waals surface area contributed by atoms with E-state index in [2.05, 4.69) is 27.5 Å². The van der Waals surface area contributed by atoms with Crippen molar-refractivity contribution in [1.29, 1.82) is 0 Å². The molecule has 108 valence electrons. The Balaban J connectivity index is 0. The van der Waals surface area contributed by atoms with Crippen LogP contribution in [0.25, 0.3) is 0 Å². The third-order valence-electron chi connectivity index (χ3n) is 1.99. The molecule has 0 rings (SSSR count). The maximum Gasteiger partial charge on any atom is 1.00 e. The van der Waals surface area contributed by atoms with Gasteiger partial charge < -0.3 is 26.2 Å². The van der Waals surface area contributed by atoms with Gasteiger partial charge in [-0.15, -0.1) is 0 Å². The van der Waals surface area contributed by atoms with Gasteiger partial charge in [0, 0.05) is 38.8 Å².